The zero-order chi connectivity index (χ0) is 32.0. The fourth-order valence-electron chi connectivity index (χ4n) is 5.15. The molecule has 0 radical (unpaired) electrons. The lowest BCUT2D eigenvalue weighted by molar-refractivity contribution is -0.138. The number of benzene rings is 2. The largest absolute Gasteiger partial charge is 0.416 e. The van der Waals surface area contributed by atoms with Gasteiger partial charge in [0.25, 0.3) is 5.91 Å². The summed E-state index contributed by atoms with van der Waals surface area (Å²) in [5, 5.41) is 8.36. The second-order valence-corrected chi connectivity index (χ2v) is 10.9. The number of pyridine rings is 1. The van der Waals surface area contributed by atoms with Gasteiger partial charge < -0.3 is 25.8 Å². The molecule has 3 heterocycles. The van der Waals surface area contributed by atoms with Crippen LogP contribution in [0.25, 0.3) is 11.6 Å². The minimum absolute atomic E-state index is 0.0532. The maximum Gasteiger partial charge on any atom is 0.416 e. The van der Waals surface area contributed by atoms with Crippen LogP contribution < -0.4 is 16.0 Å². The predicted molar refractivity (Wildman–Crippen MR) is 170 cm³/mol. The van der Waals surface area contributed by atoms with E-state index in [1.54, 1.807) is 30.3 Å². The number of piperazine rings is 1. The average molecular weight is 618 g/mol. The van der Waals surface area contributed by atoms with Crippen LogP contribution in [0.2, 0.25) is 0 Å². The number of hydrogen-bond donors (Lipinski definition) is 4. The Balaban J connectivity index is 1.30. The van der Waals surface area contributed by atoms with Crippen molar-refractivity contribution in [3.63, 3.8) is 0 Å². The lowest BCUT2D eigenvalue weighted by Crippen LogP contribution is -2.44. The Kier molecular flexibility index (Phi) is 9.65. The van der Waals surface area contributed by atoms with Crippen LogP contribution in [0.3, 0.4) is 0 Å². The molecule has 0 unspecified atom stereocenters. The Morgan fingerprint density at radius 2 is 1.80 bits per heavy atom. The number of alkyl halides is 3. The number of nitrogens with one attached hydrogen (secondary N) is 4. The van der Waals surface area contributed by atoms with Crippen LogP contribution in [0.5, 0.6) is 0 Å². The maximum atomic E-state index is 14.0. The summed E-state index contributed by atoms with van der Waals surface area (Å²) in [6.45, 7) is 5.07. The van der Waals surface area contributed by atoms with E-state index in [1.807, 2.05) is 49.3 Å². The van der Waals surface area contributed by atoms with Crippen molar-refractivity contribution in [1.29, 1.82) is 0 Å². The number of H-pyrrole nitrogens is 1. The molecule has 45 heavy (non-hydrogen) atoms. The summed E-state index contributed by atoms with van der Waals surface area (Å²) >= 11 is 0. The zero-order valence-electron chi connectivity index (χ0n) is 24.9. The Hall–Kier alpha value is -4.94. The highest BCUT2D eigenvalue weighted by Crippen LogP contribution is 2.35. The molecule has 2 amide bonds. The van der Waals surface area contributed by atoms with E-state index < -0.39 is 17.6 Å². The summed E-state index contributed by atoms with van der Waals surface area (Å²) in [6.07, 6.45) is -0.273. The zero-order valence-corrected chi connectivity index (χ0v) is 24.9. The minimum Gasteiger partial charge on any atom is -0.362 e. The van der Waals surface area contributed by atoms with Crippen molar-refractivity contribution in [2.24, 2.45) is 0 Å². The monoisotopic (exact) mass is 617 g/mol. The summed E-state index contributed by atoms with van der Waals surface area (Å²) in [6, 6.07) is 17.8. The van der Waals surface area contributed by atoms with Gasteiger partial charge in [-0.1, -0.05) is 12.1 Å². The van der Waals surface area contributed by atoms with Gasteiger partial charge in [-0.25, -0.2) is 4.98 Å². The molecule has 5 rings (SSSR count). The van der Waals surface area contributed by atoms with Gasteiger partial charge in [-0.15, -0.1) is 0 Å². The first kappa shape index (κ1) is 31.5. The molecular weight excluding hydrogens is 583 g/mol. The molecule has 2 aromatic heterocycles. The van der Waals surface area contributed by atoms with E-state index in [9.17, 15) is 22.8 Å². The van der Waals surface area contributed by atoms with Crippen molar-refractivity contribution in [3.05, 3.63) is 101 Å². The predicted octanol–water partition coefficient (Wildman–Crippen LogP) is 6.30. The van der Waals surface area contributed by atoms with E-state index in [1.165, 1.54) is 12.1 Å². The van der Waals surface area contributed by atoms with Gasteiger partial charge in [-0.2, -0.15) is 13.2 Å². The average Bonchev–Trinajstić information content (AvgIpc) is 3.52. The first-order valence-electron chi connectivity index (χ1n) is 14.4. The van der Waals surface area contributed by atoms with Gasteiger partial charge >= 0.3 is 6.18 Å². The third-order valence-electron chi connectivity index (χ3n) is 7.57. The van der Waals surface area contributed by atoms with Crippen LogP contribution >= 0.6 is 0 Å². The van der Waals surface area contributed by atoms with Gasteiger partial charge in [-0.05, 0) is 85.8 Å². The molecule has 1 fully saturated rings. The lowest BCUT2D eigenvalue weighted by atomic mass is 10.0. The summed E-state index contributed by atoms with van der Waals surface area (Å²) < 4.78 is 42.0. The van der Waals surface area contributed by atoms with Crippen LogP contribution in [-0.4, -0.2) is 65.3 Å². The number of aromatic nitrogens is 2. The number of halogens is 3. The van der Waals surface area contributed by atoms with Gasteiger partial charge in [0.15, 0.2) is 0 Å². The summed E-state index contributed by atoms with van der Waals surface area (Å²) in [4.78, 5) is 36.2. The van der Waals surface area contributed by atoms with E-state index in [0.717, 1.165) is 36.0 Å². The third-order valence-corrected chi connectivity index (χ3v) is 7.57. The number of carbonyl (C=O) groups is 2. The first-order chi connectivity index (χ1) is 21.6. The number of likely N-dealkylation sites (N-methyl/N-ethyl adjacent to an activating group) is 1. The molecule has 9 nitrogen and oxygen atoms in total. The molecule has 2 aromatic carbocycles. The van der Waals surface area contributed by atoms with Gasteiger partial charge in [0, 0.05) is 67.1 Å². The molecule has 1 aliphatic heterocycles. The SMILES string of the molecule is C/C(=C\c1ccc[nH]1)c1ccc(Nc2cccc(C(=O)Nc3ccc(CN4CCN(C)CC4)c(C(F)(F)F)c3)c2)nc1NC=O. The highest BCUT2D eigenvalue weighted by molar-refractivity contribution is 6.05. The minimum atomic E-state index is -4.57. The second kappa shape index (κ2) is 13.8. The normalized spacial score (nSPS) is 14.6. The number of hydrogen-bond acceptors (Lipinski definition) is 6. The number of anilines is 4. The topological polar surface area (TPSA) is 105 Å². The lowest BCUT2D eigenvalue weighted by Gasteiger charge is -2.33. The molecule has 0 bridgehead atoms. The summed E-state index contributed by atoms with van der Waals surface area (Å²) in [7, 11) is 1.99. The third kappa shape index (κ3) is 8.16. The summed E-state index contributed by atoms with van der Waals surface area (Å²) in [5.41, 5.74) is 2.73. The maximum absolute atomic E-state index is 14.0. The van der Waals surface area contributed by atoms with E-state index in [4.69, 9.17) is 0 Å². The Labute approximate surface area is 259 Å². The number of rotatable bonds is 10. The van der Waals surface area contributed by atoms with E-state index >= 15 is 0 Å². The second-order valence-electron chi connectivity index (χ2n) is 10.9. The van der Waals surface area contributed by atoms with Crippen molar-refractivity contribution in [2.45, 2.75) is 19.6 Å². The van der Waals surface area contributed by atoms with Crippen molar-refractivity contribution in [2.75, 3.05) is 49.2 Å². The van der Waals surface area contributed by atoms with Gasteiger partial charge in [-0.3, -0.25) is 14.5 Å². The van der Waals surface area contributed by atoms with Crippen LogP contribution in [0.4, 0.5) is 36.2 Å². The van der Waals surface area contributed by atoms with Gasteiger partial charge in [0.05, 0.1) is 5.56 Å². The van der Waals surface area contributed by atoms with Crippen molar-refractivity contribution in [3.8, 4) is 0 Å². The molecule has 4 aromatic rings. The van der Waals surface area contributed by atoms with Gasteiger partial charge in [0.1, 0.15) is 11.6 Å². The van der Waals surface area contributed by atoms with E-state index in [2.05, 4.69) is 30.8 Å². The molecule has 0 spiro atoms. The van der Waals surface area contributed by atoms with Gasteiger partial charge in [0.2, 0.25) is 6.41 Å². The number of amides is 2. The Morgan fingerprint density at radius 1 is 1.00 bits per heavy atom. The molecule has 1 aliphatic rings. The molecule has 12 heteroatoms. The number of allylic oxidation sites excluding steroid dienone is 1. The quantitative estimate of drug-likeness (QED) is 0.156. The molecule has 0 saturated carbocycles. The highest BCUT2D eigenvalue weighted by atomic mass is 19.4. The molecule has 1 saturated heterocycles. The number of aromatic amines is 1. The van der Waals surface area contributed by atoms with Crippen molar-refractivity contribution < 1.29 is 22.8 Å². The molecule has 0 atom stereocenters. The van der Waals surface area contributed by atoms with Crippen LogP contribution in [0.1, 0.15) is 39.7 Å². The Morgan fingerprint density at radius 3 is 2.51 bits per heavy atom. The smallest absolute Gasteiger partial charge is 0.362 e. The van der Waals surface area contributed by atoms with Crippen LogP contribution in [0.15, 0.2) is 72.9 Å². The highest BCUT2D eigenvalue weighted by Gasteiger charge is 2.34. The van der Waals surface area contributed by atoms with E-state index in [0.29, 0.717) is 36.8 Å². The van der Waals surface area contributed by atoms with Crippen LogP contribution in [-0.2, 0) is 17.5 Å². The van der Waals surface area contributed by atoms with Crippen molar-refractivity contribution >= 4 is 47.0 Å². The fourth-order valence-corrected chi connectivity index (χ4v) is 5.15. The molecule has 4 N–H and O–H groups in total. The Bertz CT molecular complexity index is 1680. The summed E-state index contributed by atoms with van der Waals surface area (Å²) in [5.74, 6) is 0.204. The van der Waals surface area contributed by atoms with Crippen molar-refractivity contribution in [1.82, 2.24) is 19.8 Å². The number of nitrogens with zero attached hydrogens (tertiary/aromatic N) is 3. The number of carbonyl (C=O) groups excluding carboxylic acids is 2. The van der Waals surface area contributed by atoms with Crippen LogP contribution in [0, 0.1) is 0 Å². The molecule has 234 valence electrons. The standard InChI is InChI=1S/C33H34F3N7O2/c1-22(17-25-7-4-12-37-25)28-10-11-30(41-31(28)38-21-44)39-26-6-3-5-23(18-26)32(45)40-27-9-8-24(29(19-27)33(34,35)36)20-43-15-13-42(2)14-16-43/h3-12,17-19,21,37H,13-16,20H2,1-2H3,(H,40,45)(H2,38,39,41,44)/b22-17+. The molecule has 0 aliphatic carbocycles. The van der Waals surface area contributed by atoms with E-state index in [-0.39, 0.29) is 23.4 Å². The fraction of sp³-hybridized carbons (Fsp3) is 0.242. The molecular formula is C33H34F3N7O2. The first-order valence-corrected chi connectivity index (χ1v) is 14.4.